The van der Waals surface area contributed by atoms with Gasteiger partial charge in [-0.25, -0.2) is 20.0 Å². The van der Waals surface area contributed by atoms with Crippen LogP contribution in [0.25, 0.3) is 24.3 Å². The third kappa shape index (κ3) is 5.62. The van der Waals surface area contributed by atoms with Gasteiger partial charge < -0.3 is 25.3 Å². The maximum Gasteiger partial charge on any atom is 0.203 e. The van der Waals surface area contributed by atoms with E-state index in [1.165, 1.54) is 0 Å². The summed E-state index contributed by atoms with van der Waals surface area (Å²) >= 11 is 0. The molecule has 2 aromatic rings. The van der Waals surface area contributed by atoms with Crippen LogP contribution in [0.15, 0.2) is 140 Å². The van der Waals surface area contributed by atoms with Crippen LogP contribution in [-0.4, -0.2) is 56.3 Å². The zero-order valence-corrected chi connectivity index (χ0v) is 26.7. The summed E-state index contributed by atoms with van der Waals surface area (Å²) in [4.78, 5) is 27.1. The average Bonchev–Trinajstić information content (AvgIpc) is 3.91. The molecule has 4 N–H and O–H groups in total. The predicted molar refractivity (Wildman–Crippen MR) is 195 cm³/mol. The number of aliphatic imine (C=N–C) groups is 4. The highest BCUT2D eigenvalue weighted by atomic mass is 16.5. The Bertz CT molecular complexity index is 2280. The fourth-order valence-corrected chi connectivity index (χ4v) is 7.46. The highest BCUT2D eigenvalue weighted by molar-refractivity contribution is 6.21. The number of aromatic amines is 2. The molecular formula is C40H34N8O. The fraction of sp³-hybridized carbons (Fsp3) is 0.200. The summed E-state index contributed by atoms with van der Waals surface area (Å²) in [5.74, 6) is 0. The van der Waals surface area contributed by atoms with Crippen molar-refractivity contribution in [2.45, 2.75) is 49.2 Å². The van der Waals surface area contributed by atoms with E-state index < -0.39 is 11.4 Å². The number of nitrogens with one attached hydrogen (secondary N) is 4. The van der Waals surface area contributed by atoms with Gasteiger partial charge in [-0.05, 0) is 147 Å². The number of rotatable bonds is 2. The Kier molecular flexibility index (Phi) is 6.26. The molecule has 49 heavy (non-hydrogen) atoms. The van der Waals surface area contributed by atoms with Crippen LogP contribution in [0.2, 0.25) is 0 Å². The summed E-state index contributed by atoms with van der Waals surface area (Å²) in [5, 5.41) is 11.3. The number of ether oxygens (including phenoxy) is 1. The lowest BCUT2D eigenvalue weighted by Gasteiger charge is -2.32. The number of allylic oxidation sites excluding steroid dienone is 8. The monoisotopic (exact) mass is 642 g/mol. The molecule has 0 radical (unpaired) electrons. The molecule has 8 aliphatic rings. The molecule has 0 aliphatic carbocycles. The molecule has 0 aromatic carbocycles. The molecule has 0 spiro atoms. The van der Waals surface area contributed by atoms with Gasteiger partial charge >= 0.3 is 0 Å². The van der Waals surface area contributed by atoms with E-state index in [9.17, 15) is 0 Å². The van der Waals surface area contributed by atoms with Gasteiger partial charge in [0.15, 0.2) is 0 Å². The van der Waals surface area contributed by atoms with Crippen molar-refractivity contribution in [1.29, 1.82) is 0 Å². The summed E-state index contributed by atoms with van der Waals surface area (Å²) in [7, 11) is 0. The zero-order chi connectivity index (χ0) is 32.4. The molecule has 2 aromatic heterocycles. The highest BCUT2D eigenvalue weighted by Crippen LogP contribution is 2.38. The summed E-state index contributed by atoms with van der Waals surface area (Å²) in [6, 6.07) is 8.57. The first-order valence-corrected chi connectivity index (χ1v) is 17.0. The van der Waals surface area contributed by atoms with Gasteiger partial charge in [0.2, 0.25) is 11.4 Å². The second-order valence-electron chi connectivity index (χ2n) is 13.5. The minimum atomic E-state index is -1.09. The maximum atomic E-state index is 7.22. The van der Waals surface area contributed by atoms with E-state index in [1.54, 1.807) is 0 Å². The van der Waals surface area contributed by atoms with E-state index in [0.29, 0.717) is 0 Å². The molecule has 16 bridgehead atoms. The lowest BCUT2D eigenvalue weighted by molar-refractivity contribution is -0.0437. The zero-order valence-electron chi connectivity index (χ0n) is 26.7. The van der Waals surface area contributed by atoms with Crippen molar-refractivity contribution in [3.63, 3.8) is 0 Å². The second-order valence-corrected chi connectivity index (χ2v) is 13.5. The van der Waals surface area contributed by atoms with Crippen LogP contribution in [0.5, 0.6) is 0 Å². The molecule has 10 heterocycles. The van der Waals surface area contributed by atoms with Gasteiger partial charge in [-0.3, -0.25) is 0 Å². The maximum absolute atomic E-state index is 7.22. The molecule has 2 saturated heterocycles. The molecule has 2 fully saturated rings. The molecule has 4 atom stereocenters. The number of nitrogens with zero attached hydrogens (tertiary/aromatic N) is 4. The van der Waals surface area contributed by atoms with Gasteiger partial charge in [0.25, 0.3) is 0 Å². The molecule has 0 amide bonds. The highest BCUT2D eigenvalue weighted by Gasteiger charge is 2.42. The quantitative estimate of drug-likeness (QED) is 0.404. The summed E-state index contributed by atoms with van der Waals surface area (Å²) in [5.41, 5.74) is 5.41. The smallest absolute Gasteiger partial charge is 0.203 e. The van der Waals surface area contributed by atoms with E-state index in [-0.39, 0.29) is 12.1 Å². The molecule has 9 heteroatoms. The predicted octanol–water partition coefficient (Wildman–Crippen LogP) is 2.68. The first-order valence-electron chi connectivity index (χ1n) is 17.0. The molecule has 9 nitrogen and oxygen atoms in total. The molecule has 0 saturated carbocycles. The van der Waals surface area contributed by atoms with Crippen LogP contribution in [-0.2, 0) is 4.74 Å². The Morgan fingerprint density at radius 2 is 1.00 bits per heavy atom. The molecular weight excluding hydrogens is 608 g/mol. The van der Waals surface area contributed by atoms with Crippen LogP contribution in [0, 0.1) is 0 Å². The van der Waals surface area contributed by atoms with E-state index in [1.807, 2.05) is 24.3 Å². The Hall–Kier alpha value is -5.80. The van der Waals surface area contributed by atoms with Crippen molar-refractivity contribution in [1.82, 2.24) is 20.6 Å². The summed E-state index contributed by atoms with van der Waals surface area (Å²) < 4.78 is 7.22. The van der Waals surface area contributed by atoms with E-state index in [4.69, 9.17) is 24.7 Å². The van der Waals surface area contributed by atoms with Crippen LogP contribution >= 0.6 is 0 Å². The van der Waals surface area contributed by atoms with Gasteiger partial charge in [0, 0.05) is 44.9 Å². The van der Waals surface area contributed by atoms with E-state index in [2.05, 4.69) is 118 Å². The van der Waals surface area contributed by atoms with Gasteiger partial charge in [0.1, 0.15) is 0 Å². The third-order valence-corrected chi connectivity index (χ3v) is 9.66. The SMILES string of the molecule is C1=C/C2=C/C3CC/C(=C/C4(OC56C=CC(=N5)/C=c5/cc/c([nH]5)=C/C5=NC(=C\C7CC/C(=C/6)N7)/C=C5)C=CC(=N4)/C=c4/cc/c([nH]4)=C/C1=N2)N3. The van der Waals surface area contributed by atoms with Crippen LogP contribution in [0.1, 0.15) is 25.7 Å². The Morgan fingerprint density at radius 1 is 0.551 bits per heavy atom. The fourth-order valence-electron chi connectivity index (χ4n) is 7.46. The first-order chi connectivity index (χ1) is 24.0. The van der Waals surface area contributed by atoms with Crippen molar-refractivity contribution in [3.8, 4) is 0 Å². The Morgan fingerprint density at radius 3 is 1.47 bits per heavy atom. The minimum Gasteiger partial charge on any atom is -0.382 e. The van der Waals surface area contributed by atoms with E-state index in [0.717, 1.165) is 92.7 Å². The van der Waals surface area contributed by atoms with Crippen LogP contribution in [0.4, 0.5) is 0 Å². The average molecular weight is 643 g/mol. The summed E-state index contributed by atoms with van der Waals surface area (Å²) in [6.07, 6.45) is 37.0. The van der Waals surface area contributed by atoms with E-state index >= 15 is 0 Å². The van der Waals surface area contributed by atoms with Crippen molar-refractivity contribution < 1.29 is 4.74 Å². The topological polar surface area (TPSA) is 114 Å². The van der Waals surface area contributed by atoms with Crippen LogP contribution in [0.3, 0.4) is 0 Å². The van der Waals surface area contributed by atoms with Crippen molar-refractivity contribution in [3.05, 3.63) is 141 Å². The van der Waals surface area contributed by atoms with Crippen LogP contribution < -0.4 is 32.0 Å². The molecule has 10 rings (SSSR count). The standard InChI is InChI=1S/C40H34N8O/c1-3-29-19-31-9-11-37(45-31)23-39(15-13-35(47-39)21-33-7-5-27(43-33)17-25(1)41-29)49-40-16-14-36(48-40)22-34-8-6-28(44-34)18-26-2-4-30(42-26)20-32-10-12-38(24-40)46-32/h1-8,13-24,31-32,43-46H,9-12H2/b27-17-,28-18-,29-19-,30-20-,33-21-,34-22-,37-23-,38-24-. The number of hydrogen-bond donors (Lipinski definition) is 4. The number of hydrogen-bond acceptors (Lipinski definition) is 7. The molecule has 4 unspecified atom stereocenters. The van der Waals surface area contributed by atoms with Crippen molar-refractivity contribution in [2.75, 3.05) is 0 Å². The lowest BCUT2D eigenvalue weighted by Crippen LogP contribution is -2.38. The Labute approximate surface area is 282 Å². The van der Waals surface area contributed by atoms with Gasteiger partial charge in [-0.1, -0.05) is 0 Å². The number of fused-ring (bicyclic) bond motifs is 12. The van der Waals surface area contributed by atoms with Gasteiger partial charge in [-0.2, -0.15) is 0 Å². The van der Waals surface area contributed by atoms with Crippen molar-refractivity contribution >= 4 is 47.2 Å². The molecule has 240 valence electrons. The van der Waals surface area contributed by atoms with Crippen molar-refractivity contribution in [2.24, 2.45) is 20.0 Å². The number of H-pyrrole nitrogens is 2. The molecule has 8 aliphatic heterocycles. The normalized spacial score (nSPS) is 37.0. The third-order valence-electron chi connectivity index (χ3n) is 9.66. The minimum absolute atomic E-state index is 0.164. The lowest BCUT2D eigenvalue weighted by atomic mass is 10.1. The Balaban J connectivity index is 1.09. The first kappa shape index (κ1) is 28.2. The van der Waals surface area contributed by atoms with Gasteiger partial charge in [0.05, 0.1) is 34.2 Å². The summed E-state index contributed by atoms with van der Waals surface area (Å²) in [6.45, 7) is 0. The number of aromatic nitrogens is 2. The van der Waals surface area contributed by atoms with Gasteiger partial charge in [-0.15, -0.1) is 0 Å². The largest absolute Gasteiger partial charge is 0.382 e. The second kappa shape index (κ2) is 10.9.